The predicted molar refractivity (Wildman–Crippen MR) is 95.8 cm³/mol. The quantitative estimate of drug-likeness (QED) is 0.353. The van der Waals surface area contributed by atoms with Crippen molar-refractivity contribution in [3.8, 4) is 0 Å². The van der Waals surface area contributed by atoms with E-state index in [0.717, 1.165) is 24.0 Å². The second-order valence-corrected chi connectivity index (χ2v) is 11.3. The molecule has 0 aromatic carbocycles. The monoisotopic (exact) mass is 433 g/mol. The molecule has 1 aromatic heterocycles. The molecule has 0 radical (unpaired) electrons. The van der Waals surface area contributed by atoms with Gasteiger partial charge in [-0.3, -0.25) is 4.68 Å². The fourth-order valence-electron chi connectivity index (χ4n) is 2.37. The number of aryl methyl sites for hydroxylation is 1. The highest BCUT2D eigenvalue weighted by Crippen LogP contribution is 2.61. The molecule has 0 saturated carbocycles. The molecule has 0 saturated heterocycles. The Kier molecular flexibility index (Phi) is 8.96. The Morgan fingerprint density at radius 3 is 2.25 bits per heavy atom. The van der Waals surface area contributed by atoms with Crippen molar-refractivity contribution in [1.82, 2.24) is 15.0 Å². The second kappa shape index (κ2) is 10.1. The molecule has 1 N–H and O–H groups in total. The molecular formula is C16H25N3O7P2-4. The third-order valence-electron chi connectivity index (χ3n) is 4.41. The average molecular weight is 433 g/mol. The van der Waals surface area contributed by atoms with Gasteiger partial charge in [0.25, 0.3) is 0 Å². The zero-order valence-corrected chi connectivity index (χ0v) is 17.9. The summed E-state index contributed by atoms with van der Waals surface area (Å²) < 4.78 is 24.0. The number of aromatic nitrogens is 3. The number of aliphatic hydroxyl groups excluding tert-OH is 1. The largest absolute Gasteiger partial charge is 0.810 e. The number of nitrogens with zero attached hydrogens (tertiary/aromatic N) is 3. The van der Waals surface area contributed by atoms with Crippen LogP contribution >= 0.6 is 15.2 Å². The molecule has 0 bridgehead atoms. The Labute approximate surface area is 164 Å². The first-order valence-electron chi connectivity index (χ1n) is 8.65. The molecule has 0 unspecified atom stereocenters. The van der Waals surface area contributed by atoms with Crippen molar-refractivity contribution in [1.29, 1.82) is 0 Å². The van der Waals surface area contributed by atoms with Crippen molar-refractivity contribution >= 4 is 15.2 Å². The Balaban J connectivity index is 2.69. The van der Waals surface area contributed by atoms with E-state index in [0.29, 0.717) is 19.9 Å². The predicted octanol–water partition coefficient (Wildman–Crippen LogP) is -0.581. The lowest BCUT2D eigenvalue weighted by Crippen LogP contribution is -2.45. The summed E-state index contributed by atoms with van der Waals surface area (Å²) in [4.78, 5) is 42.3. The third-order valence-corrected chi connectivity index (χ3v) is 8.56. The zero-order chi connectivity index (χ0) is 21.6. The van der Waals surface area contributed by atoms with Gasteiger partial charge >= 0.3 is 0 Å². The summed E-state index contributed by atoms with van der Waals surface area (Å²) in [6.45, 7) is 4.88. The van der Waals surface area contributed by atoms with Gasteiger partial charge in [-0.2, -0.15) is 0 Å². The smallest absolute Gasteiger partial charge is 0.0840 e. The minimum Gasteiger partial charge on any atom is -0.810 e. The van der Waals surface area contributed by atoms with Gasteiger partial charge in [0.15, 0.2) is 0 Å². The van der Waals surface area contributed by atoms with Crippen molar-refractivity contribution in [2.24, 2.45) is 0 Å². The van der Waals surface area contributed by atoms with Crippen LogP contribution in [0.25, 0.3) is 0 Å². The minimum absolute atomic E-state index is 0.0404. The van der Waals surface area contributed by atoms with E-state index < -0.39 is 26.5 Å². The van der Waals surface area contributed by atoms with E-state index in [9.17, 15) is 28.7 Å². The lowest BCUT2D eigenvalue weighted by molar-refractivity contribution is -0.335. The molecule has 12 heteroatoms. The van der Waals surface area contributed by atoms with E-state index >= 15 is 0 Å². The molecule has 0 aliphatic heterocycles. The van der Waals surface area contributed by atoms with E-state index in [2.05, 4.69) is 10.3 Å². The Morgan fingerprint density at radius 2 is 1.71 bits per heavy atom. The summed E-state index contributed by atoms with van der Waals surface area (Å²) in [6, 6.07) is 0. The lowest BCUT2D eigenvalue weighted by Gasteiger charge is -2.57. The maximum absolute atomic E-state index is 11.3. The first-order chi connectivity index (χ1) is 12.8. The minimum atomic E-state index is -5.72. The first-order valence-corrected chi connectivity index (χ1v) is 11.7. The molecule has 1 rings (SSSR count). The number of allylic oxidation sites excluding steroid dienone is 3. The molecule has 1 heterocycles. The Bertz CT molecular complexity index is 785. The molecule has 0 spiro atoms. The van der Waals surface area contributed by atoms with Crippen molar-refractivity contribution < 1.29 is 33.8 Å². The van der Waals surface area contributed by atoms with Gasteiger partial charge in [-0.15, -0.1) is 5.10 Å². The molecule has 0 atom stereocenters. The van der Waals surface area contributed by atoms with E-state index in [-0.39, 0.29) is 12.3 Å². The summed E-state index contributed by atoms with van der Waals surface area (Å²) in [5.41, 5.74) is 2.00. The van der Waals surface area contributed by atoms with Crippen LogP contribution in [-0.4, -0.2) is 31.6 Å². The Morgan fingerprint density at radius 1 is 1.14 bits per heavy atom. The molecule has 0 fully saturated rings. The average Bonchev–Trinajstić information content (AvgIpc) is 2.99. The van der Waals surface area contributed by atoms with Crippen LogP contribution in [0.2, 0.25) is 0 Å². The number of rotatable bonds is 11. The van der Waals surface area contributed by atoms with Gasteiger partial charge in [0, 0.05) is 24.1 Å². The fourth-order valence-corrected chi connectivity index (χ4v) is 4.28. The molecule has 0 amide bonds. The highest BCUT2D eigenvalue weighted by molar-refractivity contribution is 7.69. The topological polar surface area (TPSA) is 177 Å². The summed E-state index contributed by atoms with van der Waals surface area (Å²) in [5.74, 6) is 0. The zero-order valence-electron chi connectivity index (χ0n) is 16.1. The van der Waals surface area contributed by atoms with Gasteiger partial charge in [0.2, 0.25) is 0 Å². The standard InChI is InChI=1S/C16H29N3O7P2/c1-13(6-4-7-14(2)12-20)8-5-9-19-11-15(17-18-19)10-16(3,27(21,22)23)28(24,25)26/h7-8,11,20H,4-6,9-10,12H2,1-3H3,(H2,21,22,23)(H2,24,25,26)/p-4/b13-8-,14-7+. The molecule has 160 valence electrons. The van der Waals surface area contributed by atoms with Crippen molar-refractivity contribution in [2.75, 3.05) is 6.61 Å². The van der Waals surface area contributed by atoms with Crippen molar-refractivity contribution in [2.45, 2.75) is 57.9 Å². The van der Waals surface area contributed by atoms with Crippen LogP contribution in [0.4, 0.5) is 0 Å². The fraction of sp³-hybridized carbons (Fsp3) is 0.625. The van der Waals surface area contributed by atoms with Gasteiger partial charge in [-0.1, -0.05) is 43.7 Å². The van der Waals surface area contributed by atoms with E-state index in [1.807, 2.05) is 26.0 Å². The van der Waals surface area contributed by atoms with Crippen LogP contribution in [0.5, 0.6) is 0 Å². The van der Waals surface area contributed by atoms with E-state index in [4.69, 9.17) is 5.11 Å². The second-order valence-electron chi connectivity index (χ2n) is 6.95. The van der Waals surface area contributed by atoms with Crippen molar-refractivity contribution in [3.63, 3.8) is 0 Å². The highest BCUT2D eigenvalue weighted by Gasteiger charge is 2.34. The van der Waals surface area contributed by atoms with E-state index in [1.54, 1.807) is 0 Å². The molecule has 1 aromatic rings. The SMILES string of the molecule is C/C(=C/CCn1cc(CC(C)(P(=O)([O-])[O-])P(=O)([O-])[O-])nn1)CC/C=C(\C)CO. The Hall–Kier alpha value is -1.12. The maximum Gasteiger partial charge on any atom is 0.0840 e. The van der Waals surface area contributed by atoms with Gasteiger partial charge in [-0.05, 0) is 40.0 Å². The maximum atomic E-state index is 11.3. The van der Waals surface area contributed by atoms with Gasteiger partial charge in [0.05, 0.1) is 12.3 Å². The van der Waals surface area contributed by atoms with Crippen LogP contribution in [0, 0.1) is 0 Å². The van der Waals surface area contributed by atoms with Crippen LogP contribution in [0.3, 0.4) is 0 Å². The molecule has 0 aliphatic carbocycles. The number of aliphatic hydroxyl groups is 1. The molecule has 10 nitrogen and oxygen atoms in total. The molecule has 0 aliphatic rings. The number of hydrogen-bond acceptors (Lipinski definition) is 9. The first kappa shape index (κ1) is 24.9. The summed E-state index contributed by atoms with van der Waals surface area (Å²) in [7, 11) is -11.4. The van der Waals surface area contributed by atoms with Crippen molar-refractivity contribution in [3.05, 3.63) is 35.2 Å². The molecular weight excluding hydrogens is 408 g/mol. The van der Waals surface area contributed by atoms with Crippen LogP contribution in [0.15, 0.2) is 29.5 Å². The van der Waals surface area contributed by atoms with Crippen LogP contribution in [-0.2, 0) is 22.1 Å². The molecule has 28 heavy (non-hydrogen) atoms. The van der Waals surface area contributed by atoms with Gasteiger partial charge in [0.1, 0.15) is 0 Å². The van der Waals surface area contributed by atoms with Crippen LogP contribution < -0.4 is 19.6 Å². The summed E-state index contributed by atoms with van der Waals surface area (Å²) >= 11 is 0. The van der Waals surface area contributed by atoms with Gasteiger partial charge in [-0.25, -0.2) is 0 Å². The summed E-state index contributed by atoms with van der Waals surface area (Å²) in [6.07, 6.45) is 6.71. The number of hydrogen-bond donors (Lipinski definition) is 1. The van der Waals surface area contributed by atoms with Gasteiger partial charge < -0.3 is 33.8 Å². The summed E-state index contributed by atoms with van der Waals surface area (Å²) in [5, 5.41) is 16.4. The van der Waals surface area contributed by atoms with E-state index in [1.165, 1.54) is 10.9 Å². The highest BCUT2D eigenvalue weighted by atomic mass is 31.2. The third kappa shape index (κ3) is 7.04. The lowest BCUT2D eigenvalue weighted by atomic mass is 10.1. The van der Waals surface area contributed by atoms with Crippen LogP contribution in [0.1, 0.15) is 45.7 Å². The normalized spacial score (nSPS) is 14.6.